The van der Waals surface area contributed by atoms with E-state index in [2.05, 4.69) is 13.8 Å². The van der Waals surface area contributed by atoms with Gasteiger partial charge in [-0.1, -0.05) is 19.4 Å². The van der Waals surface area contributed by atoms with Crippen LogP contribution in [-0.2, 0) is 4.79 Å². The minimum atomic E-state index is -0.880. The number of allylic oxidation sites excluding steroid dienone is 1. The number of hydrogen-bond acceptors (Lipinski definition) is 3. The molecule has 18 heavy (non-hydrogen) atoms. The van der Waals surface area contributed by atoms with Gasteiger partial charge in [0.25, 0.3) is 0 Å². The largest absolute Gasteiger partial charge is 0.392 e. The highest BCUT2D eigenvalue weighted by Gasteiger charge is 2.49. The fourth-order valence-electron chi connectivity index (χ4n) is 3.57. The lowest BCUT2D eigenvalue weighted by atomic mass is 9.55. The van der Waals surface area contributed by atoms with Crippen molar-refractivity contribution in [3.8, 4) is 0 Å². The summed E-state index contributed by atoms with van der Waals surface area (Å²) < 4.78 is 0. The fourth-order valence-corrected chi connectivity index (χ4v) is 3.57. The van der Waals surface area contributed by atoms with Gasteiger partial charge in [0.15, 0.2) is 5.78 Å². The van der Waals surface area contributed by atoms with E-state index in [4.69, 9.17) is 0 Å². The van der Waals surface area contributed by atoms with Gasteiger partial charge in [-0.05, 0) is 44.1 Å². The average Bonchev–Trinajstić information content (AvgIpc) is 2.19. The first-order valence-electron chi connectivity index (χ1n) is 6.79. The molecule has 2 aliphatic rings. The van der Waals surface area contributed by atoms with Crippen molar-refractivity contribution in [2.75, 3.05) is 0 Å². The molecule has 3 nitrogen and oxygen atoms in total. The van der Waals surface area contributed by atoms with Gasteiger partial charge >= 0.3 is 0 Å². The molecular formula is C15H24O3. The lowest BCUT2D eigenvalue weighted by molar-refractivity contribution is -0.119. The second-order valence-electron chi connectivity index (χ2n) is 6.89. The Kier molecular flexibility index (Phi) is 3.19. The van der Waals surface area contributed by atoms with Crippen molar-refractivity contribution in [2.45, 2.75) is 58.7 Å². The van der Waals surface area contributed by atoms with Crippen LogP contribution in [0.2, 0.25) is 0 Å². The maximum Gasteiger partial charge on any atom is 0.155 e. The SMILES string of the molecule is C[C@@H]1CC(=O)C=C2C[C@H](O)[C@@H](C(C)(C)O)C[C@]21C. The number of ketones is 1. The van der Waals surface area contributed by atoms with E-state index in [1.165, 1.54) is 0 Å². The number of rotatable bonds is 1. The molecule has 2 aliphatic carbocycles. The molecule has 1 saturated carbocycles. The van der Waals surface area contributed by atoms with Gasteiger partial charge in [0.2, 0.25) is 0 Å². The number of aliphatic hydroxyl groups is 2. The van der Waals surface area contributed by atoms with Gasteiger partial charge in [0.05, 0.1) is 11.7 Å². The van der Waals surface area contributed by atoms with Gasteiger partial charge in [-0.3, -0.25) is 4.79 Å². The van der Waals surface area contributed by atoms with Crippen LogP contribution in [0.1, 0.15) is 47.0 Å². The van der Waals surface area contributed by atoms with Gasteiger partial charge < -0.3 is 10.2 Å². The van der Waals surface area contributed by atoms with E-state index < -0.39 is 11.7 Å². The number of fused-ring (bicyclic) bond motifs is 1. The lowest BCUT2D eigenvalue weighted by Gasteiger charge is -2.51. The van der Waals surface area contributed by atoms with Crippen molar-refractivity contribution >= 4 is 5.78 Å². The predicted octanol–water partition coefficient (Wildman–Crippen LogP) is 2.07. The Bertz CT molecular complexity index is 391. The highest BCUT2D eigenvalue weighted by Crippen LogP contribution is 2.53. The molecule has 0 unspecified atom stereocenters. The summed E-state index contributed by atoms with van der Waals surface area (Å²) in [5, 5.41) is 20.4. The van der Waals surface area contributed by atoms with Crippen molar-refractivity contribution in [1.82, 2.24) is 0 Å². The first kappa shape index (κ1) is 13.8. The van der Waals surface area contributed by atoms with Gasteiger partial charge in [-0.25, -0.2) is 0 Å². The smallest absolute Gasteiger partial charge is 0.155 e. The number of aliphatic hydroxyl groups excluding tert-OH is 1. The Morgan fingerprint density at radius 3 is 2.56 bits per heavy atom. The van der Waals surface area contributed by atoms with E-state index >= 15 is 0 Å². The van der Waals surface area contributed by atoms with Crippen molar-refractivity contribution < 1.29 is 15.0 Å². The van der Waals surface area contributed by atoms with Gasteiger partial charge in [0.1, 0.15) is 0 Å². The zero-order valence-corrected chi connectivity index (χ0v) is 11.7. The van der Waals surface area contributed by atoms with E-state index in [0.29, 0.717) is 12.8 Å². The van der Waals surface area contributed by atoms with Crippen molar-refractivity contribution in [2.24, 2.45) is 17.3 Å². The average molecular weight is 252 g/mol. The summed E-state index contributed by atoms with van der Waals surface area (Å²) in [6.45, 7) is 7.79. The third-order valence-corrected chi connectivity index (χ3v) is 5.11. The van der Waals surface area contributed by atoms with E-state index in [1.54, 1.807) is 19.9 Å². The van der Waals surface area contributed by atoms with Crippen LogP contribution in [0.15, 0.2) is 11.6 Å². The van der Waals surface area contributed by atoms with E-state index in [-0.39, 0.29) is 23.0 Å². The predicted molar refractivity (Wildman–Crippen MR) is 70.0 cm³/mol. The normalized spacial score (nSPS) is 41.3. The van der Waals surface area contributed by atoms with Crippen LogP contribution < -0.4 is 0 Å². The summed E-state index contributed by atoms with van der Waals surface area (Å²) in [5.41, 5.74) is 0.131. The standard InChI is InChI=1S/C15H24O3/c1-9-5-11(16)6-10-7-13(17)12(14(2,3)18)8-15(9,10)4/h6,9,12-13,17-18H,5,7-8H2,1-4H3/t9-,12+,13+,15+/m1/s1. The molecule has 0 heterocycles. The Morgan fingerprint density at radius 1 is 1.39 bits per heavy atom. The summed E-state index contributed by atoms with van der Waals surface area (Å²) in [4.78, 5) is 11.6. The highest BCUT2D eigenvalue weighted by molar-refractivity contribution is 5.92. The molecule has 4 atom stereocenters. The Balaban J connectivity index is 2.36. The van der Waals surface area contributed by atoms with Crippen LogP contribution in [0.4, 0.5) is 0 Å². The van der Waals surface area contributed by atoms with Crippen molar-refractivity contribution in [3.05, 3.63) is 11.6 Å². The van der Waals surface area contributed by atoms with E-state index in [1.807, 2.05) is 0 Å². The molecular weight excluding hydrogens is 228 g/mol. The summed E-state index contributed by atoms with van der Waals surface area (Å²) in [6.07, 6.45) is 3.01. The molecule has 2 N–H and O–H groups in total. The molecule has 102 valence electrons. The molecule has 0 aromatic carbocycles. The van der Waals surface area contributed by atoms with Crippen LogP contribution >= 0.6 is 0 Å². The number of carbonyl (C=O) groups excluding carboxylic acids is 1. The topological polar surface area (TPSA) is 57.5 Å². The van der Waals surface area contributed by atoms with Crippen LogP contribution in [0.5, 0.6) is 0 Å². The van der Waals surface area contributed by atoms with Crippen LogP contribution in [0, 0.1) is 17.3 Å². The summed E-state index contributed by atoms with van der Waals surface area (Å²) in [5.74, 6) is 0.321. The maximum absolute atomic E-state index is 11.6. The molecule has 2 rings (SSSR count). The van der Waals surface area contributed by atoms with Gasteiger partial charge in [0, 0.05) is 12.3 Å². The zero-order valence-electron chi connectivity index (χ0n) is 11.7. The highest BCUT2D eigenvalue weighted by atomic mass is 16.3. The third kappa shape index (κ3) is 2.14. The molecule has 0 aliphatic heterocycles. The minimum absolute atomic E-state index is 0.0577. The monoisotopic (exact) mass is 252 g/mol. The van der Waals surface area contributed by atoms with Gasteiger partial charge in [-0.2, -0.15) is 0 Å². The van der Waals surface area contributed by atoms with Crippen molar-refractivity contribution in [1.29, 1.82) is 0 Å². The maximum atomic E-state index is 11.6. The fraction of sp³-hybridized carbons (Fsp3) is 0.800. The Morgan fingerprint density at radius 2 is 2.00 bits per heavy atom. The summed E-state index contributed by atoms with van der Waals surface area (Å²) in [6, 6.07) is 0. The Labute approximate surface area is 109 Å². The first-order chi connectivity index (χ1) is 8.14. The molecule has 0 bridgehead atoms. The minimum Gasteiger partial charge on any atom is -0.392 e. The summed E-state index contributed by atoms with van der Waals surface area (Å²) >= 11 is 0. The van der Waals surface area contributed by atoms with Crippen LogP contribution in [0.25, 0.3) is 0 Å². The number of hydrogen-bond donors (Lipinski definition) is 2. The molecule has 0 saturated heterocycles. The quantitative estimate of drug-likeness (QED) is 0.751. The van der Waals surface area contributed by atoms with E-state index in [9.17, 15) is 15.0 Å². The molecule has 1 fully saturated rings. The molecule has 0 aromatic heterocycles. The van der Waals surface area contributed by atoms with Gasteiger partial charge in [-0.15, -0.1) is 0 Å². The Hall–Kier alpha value is -0.670. The zero-order chi connectivity index (χ0) is 13.7. The number of carbonyl (C=O) groups is 1. The second kappa shape index (κ2) is 4.17. The molecule has 3 heteroatoms. The second-order valence-corrected chi connectivity index (χ2v) is 6.89. The van der Waals surface area contributed by atoms with Crippen molar-refractivity contribution in [3.63, 3.8) is 0 Å². The third-order valence-electron chi connectivity index (χ3n) is 5.11. The molecule has 0 amide bonds. The molecule has 0 spiro atoms. The molecule has 0 aromatic rings. The van der Waals surface area contributed by atoms with Crippen LogP contribution in [0.3, 0.4) is 0 Å². The summed E-state index contributed by atoms with van der Waals surface area (Å²) in [7, 11) is 0. The molecule has 0 radical (unpaired) electrons. The first-order valence-corrected chi connectivity index (χ1v) is 6.79. The van der Waals surface area contributed by atoms with Crippen LogP contribution in [-0.4, -0.2) is 27.7 Å². The lowest BCUT2D eigenvalue weighted by Crippen LogP contribution is -2.50. The van der Waals surface area contributed by atoms with E-state index in [0.717, 1.165) is 12.0 Å².